The van der Waals surface area contributed by atoms with Crippen molar-refractivity contribution in [3.63, 3.8) is 0 Å². The summed E-state index contributed by atoms with van der Waals surface area (Å²) in [7, 11) is 0. The van der Waals surface area contributed by atoms with Crippen LogP contribution < -0.4 is 9.47 Å². The van der Waals surface area contributed by atoms with Crippen molar-refractivity contribution in [2.45, 2.75) is 13.8 Å². The molecule has 0 atom stereocenters. The normalized spacial score (nSPS) is 10.4. The van der Waals surface area contributed by atoms with Gasteiger partial charge in [0.1, 0.15) is 23.0 Å². The summed E-state index contributed by atoms with van der Waals surface area (Å²) < 4.78 is 11.6. The molecule has 0 bridgehead atoms. The van der Waals surface area contributed by atoms with E-state index in [1.807, 2.05) is 0 Å². The van der Waals surface area contributed by atoms with E-state index in [1.54, 1.807) is 50.2 Å². The monoisotopic (exact) mass is 380 g/mol. The predicted molar refractivity (Wildman–Crippen MR) is 102 cm³/mol. The van der Waals surface area contributed by atoms with Gasteiger partial charge in [-0.05, 0) is 49.2 Å². The molecule has 8 heteroatoms. The van der Waals surface area contributed by atoms with Crippen LogP contribution in [0.3, 0.4) is 0 Å². The molecule has 8 nitrogen and oxygen atoms in total. The Hall–Kier alpha value is -3.94. The van der Waals surface area contributed by atoms with Crippen molar-refractivity contribution in [3.05, 3.63) is 92.0 Å². The number of hydrogen-bond acceptors (Lipinski definition) is 6. The molecule has 0 saturated heterocycles. The van der Waals surface area contributed by atoms with Gasteiger partial charge in [0.15, 0.2) is 0 Å². The summed E-state index contributed by atoms with van der Waals surface area (Å²) in [6, 6.07) is 15.4. The SMILES string of the molecule is Cc1ccc([N+](=O)[O-])cc1Oc1cccc(Oc2cc([N+](=O)[O-])ccc2C)c1. The maximum Gasteiger partial charge on any atom is 0.273 e. The largest absolute Gasteiger partial charge is 0.457 e. The number of ether oxygens (including phenoxy) is 2. The molecule has 28 heavy (non-hydrogen) atoms. The Morgan fingerprint density at radius 3 is 1.50 bits per heavy atom. The average molecular weight is 380 g/mol. The summed E-state index contributed by atoms with van der Waals surface area (Å²) >= 11 is 0. The molecule has 3 aromatic carbocycles. The Morgan fingerprint density at radius 1 is 0.679 bits per heavy atom. The quantitative estimate of drug-likeness (QED) is 0.401. The zero-order valence-corrected chi connectivity index (χ0v) is 15.1. The van der Waals surface area contributed by atoms with Gasteiger partial charge in [-0.15, -0.1) is 0 Å². The zero-order valence-electron chi connectivity index (χ0n) is 15.1. The van der Waals surface area contributed by atoms with Gasteiger partial charge >= 0.3 is 0 Å². The molecule has 0 N–H and O–H groups in total. The van der Waals surface area contributed by atoms with Crippen LogP contribution >= 0.6 is 0 Å². The predicted octanol–water partition coefficient (Wildman–Crippen LogP) is 5.70. The average Bonchev–Trinajstić information content (AvgIpc) is 2.65. The first-order valence-corrected chi connectivity index (χ1v) is 8.29. The Labute approximate surface area is 160 Å². The number of benzene rings is 3. The molecule has 0 unspecified atom stereocenters. The maximum atomic E-state index is 11.0. The highest BCUT2D eigenvalue weighted by Crippen LogP contribution is 2.33. The second-order valence-electron chi connectivity index (χ2n) is 6.09. The van der Waals surface area contributed by atoms with Crippen molar-refractivity contribution >= 4 is 11.4 Å². The molecule has 0 aliphatic heterocycles. The summed E-state index contributed by atoms with van der Waals surface area (Å²) in [5.41, 5.74) is 1.35. The first-order valence-electron chi connectivity index (χ1n) is 8.29. The highest BCUT2D eigenvalue weighted by molar-refractivity contribution is 5.48. The Kier molecular flexibility index (Phi) is 5.21. The number of nitro benzene ring substituents is 2. The Bertz CT molecular complexity index is 984. The lowest BCUT2D eigenvalue weighted by molar-refractivity contribution is -0.385. The lowest BCUT2D eigenvalue weighted by Crippen LogP contribution is -1.94. The Balaban J connectivity index is 1.86. The molecule has 0 heterocycles. The van der Waals surface area contributed by atoms with Crippen LogP contribution in [-0.2, 0) is 0 Å². The summed E-state index contributed by atoms with van der Waals surface area (Å²) in [5.74, 6) is 1.56. The van der Waals surface area contributed by atoms with Crippen molar-refractivity contribution in [1.82, 2.24) is 0 Å². The summed E-state index contributed by atoms with van der Waals surface area (Å²) in [6.07, 6.45) is 0. The van der Waals surface area contributed by atoms with Crippen LogP contribution in [0, 0.1) is 34.1 Å². The van der Waals surface area contributed by atoms with Gasteiger partial charge in [0.05, 0.1) is 22.0 Å². The number of rotatable bonds is 6. The van der Waals surface area contributed by atoms with Crippen molar-refractivity contribution in [3.8, 4) is 23.0 Å². The third kappa shape index (κ3) is 4.24. The number of aryl methyl sites for hydroxylation is 2. The molecule has 0 spiro atoms. The maximum absolute atomic E-state index is 11.0. The van der Waals surface area contributed by atoms with E-state index in [4.69, 9.17) is 9.47 Å². The van der Waals surface area contributed by atoms with E-state index in [0.29, 0.717) is 23.0 Å². The van der Waals surface area contributed by atoms with E-state index < -0.39 is 9.85 Å². The summed E-state index contributed by atoms with van der Waals surface area (Å²) in [6.45, 7) is 3.57. The highest BCUT2D eigenvalue weighted by Gasteiger charge is 2.13. The van der Waals surface area contributed by atoms with E-state index in [9.17, 15) is 20.2 Å². The lowest BCUT2D eigenvalue weighted by atomic mass is 10.2. The molecule has 0 aliphatic rings. The van der Waals surface area contributed by atoms with Gasteiger partial charge in [0.2, 0.25) is 0 Å². The van der Waals surface area contributed by atoms with E-state index in [2.05, 4.69) is 0 Å². The van der Waals surface area contributed by atoms with Gasteiger partial charge in [-0.2, -0.15) is 0 Å². The molecule has 0 aromatic heterocycles. The first-order chi connectivity index (χ1) is 13.3. The molecule has 142 valence electrons. The van der Waals surface area contributed by atoms with Gasteiger partial charge in [0, 0.05) is 18.2 Å². The number of hydrogen-bond donors (Lipinski definition) is 0. The van der Waals surface area contributed by atoms with Crippen LogP contribution in [0.4, 0.5) is 11.4 Å². The fraction of sp³-hybridized carbons (Fsp3) is 0.100. The molecular weight excluding hydrogens is 364 g/mol. The number of non-ortho nitro benzene ring substituents is 2. The van der Waals surface area contributed by atoms with Gasteiger partial charge in [0.25, 0.3) is 11.4 Å². The molecule has 3 aromatic rings. The topological polar surface area (TPSA) is 105 Å². The van der Waals surface area contributed by atoms with Crippen LogP contribution in [0.2, 0.25) is 0 Å². The minimum Gasteiger partial charge on any atom is -0.457 e. The lowest BCUT2D eigenvalue weighted by Gasteiger charge is -2.12. The third-order valence-electron chi connectivity index (χ3n) is 4.03. The van der Waals surface area contributed by atoms with Crippen LogP contribution in [0.1, 0.15) is 11.1 Å². The fourth-order valence-corrected chi connectivity index (χ4v) is 2.48. The summed E-state index contributed by atoms with van der Waals surface area (Å²) in [5, 5.41) is 21.9. The van der Waals surface area contributed by atoms with Crippen molar-refractivity contribution in [2.24, 2.45) is 0 Å². The minimum absolute atomic E-state index is 0.0692. The molecule has 3 rings (SSSR count). The second-order valence-corrected chi connectivity index (χ2v) is 6.09. The van der Waals surface area contributed by atoms with Crippen molar-refractivity contribution in [2.75, 3.05) is 0 Å². The minimum atomic E-state index is -0.489. The van der Waals surface area contributed by atoms with E-state index >= 15 is 0 Å². The van der Waals surface area contributed by atoms with Gasteiger partial charge in [-0.25, -0.2) is 0 Å². The van der Waals surface area contributed by atoms with Crippen LogP contribution in [0.15, 0.2) is 60.7 Å². The van der Waals surface area contributed by atoms with E-state index in [0.717, 1.165) is 11.1 Å². The van der Waals surface area contributed by atoms with Crippen LogP contribution in [0.25, 0.3) is 0 Å². The van der Waals surface area contributed by atoms with E-state index in [1.165, 1.54) is 24.3 Å². The smallest absolute Gasteiger partial charge is 0.273 e. The third-order valence-corrected chi connectivity index (χ3v) is 4.03. The molecule has 0 fully saturated rings. The zero-order chi connectivity index (χ0) is 20.3. The van der Waals surface area contributed by atoms with Crippen molar-refractivity contribution < 1.29 is 19.3 Å². The van der Waals surface area contributed by atoms with Gasteiger partial charge in [-0.3, -0.25) is 20.2 Å². The second kappa shape index (κ2) is 7.75. The van der Waals surface area contributed by atoms with Crippen LogP contribution in [0.5, 0.6) is 23.0 Å². The number of nitro groups is 2. The molecule has 0 saturated carbocycles. The highest BCUT2D eigenvalue weighted by atomic mass is 16.6. The van der Waals surface area contributed by atoms with E-state index in [-0.39, 0.29) is 11.4 Å². The summed E-state index contributed by atoms with van der Waals surface area (Å²) in [4.78, 5) is 20.9. The molecular formula is C20H16N2O6. The first kappa shape index (κ1) is 18.8. The molecule has 0 aliphatic carbocycles. The van der Waals surface area contributed by atoms with Crippen LogP contribution in [-0.4, -0.2) is 9.85 Å². The Morgan fingerprint density at radius 2 is 1.11 bits per heavy atom. The van der Waals surface area contributed by atoms with Gasteiger partial charge < -0.3 is 9.47 Å². The molecule has 0 radical (unpaired) electrons. The standard InChI is InChI=1S/C20H16N2O6/c1-13-6-8-15(21(23)24)10-19(13)27-17-4-3-5-18(12-17)28-20-11-16(22(25)26)9-7-14(20)2/h3-12H,1-2H3. The molecule has 0 amide bonds. The van der Waals surface area contributed by atoms with Gasteiger partial charge in [-0.1, -0.05) is 6.07 Å². The van der Waals surface area contributed by atoms with Crippen molar-refractivity contribution in [1.29, 1.82) is 0 Å². The fourth-order valence-electron chi connectivity index (χ4n) is 2.48. The number of nitrogens with zero attached hydrogens (tertiary/aromatic N) is 2.